The Kier molecular flexibility index (Phi) is 10.1. The zero-order valence-corrected chi connectivity index (χ0v) is 9.47. The SMILES string of the molecule is C=C(C=CCCCCO)CCCCC. The minimum atomic E-state index is 0.311. The first kappa shape index (κ1) is 13.4. The first-order chi connectivity index (χ1) is 6.81. The fraction of sp³-hybridized carbons (Fsp3) is 0.692. The molecule has 0 aliphatic carbocycles. The second kappa shape index (κ2) is 10.5. The van der Waals surface area contributed by atoms with Gasteiger partial charge in [0.05, 0.1) is 0 Å². The fourth-order valence-corrected chi connectivity index (χ4v) is 1.31. The van der Waals surface area contributed by atoms with Crippen LogP contribution >= 0.6 is 0 Å². The molecule has 0 amide bonds. The van der Waals surface area contributed by atoms with Crippen LogP contribution in [0.3, 0.4) is 0 Å². The highest BCUT2D eigenvalue weighted by atomic mass is 16.2. The monoisotopic (exact) mass is 196 g/mol. The number of aliphatic hydroxyl groups is 1. The van der Waals surface area contributed by atoms with Crippen LogP contribution in [-0.4, -0.2) is 11.7 Å². The van der Waals surface area contributed by atoms with E-state index in [0.717, 1.165) is 25.7 Å². The van der Waals surface area contributed by atoms with Crippen molar-refractivity contribution in [3.8, 4) is 0 Å². The van der Waals surface area contributed by atoms with Gasteiger partial charge in [-0.3, -0.25) is 0 Å². The van der Waals surface area contributed by atoms with Crippen molar-refractivity contribution in [2.45, 2.75) is 51.9 Å². The van der Waals surface area contributed by atoms with Gasteiger partial charge in [0.15, 0.2) is 0 Å². The predicted octanol–water partition coefficient (Wildman–Crippen LogP) is 3.84. The molecule has 0 atom stereocenters. The van der Waals surface area contributed by atoms with Gasteiger partial charge in [0.2, 0.25) is 0 Å². The fourth-order valence-electron chi connectivity index (χ4n) is 1.31. The highest BCUT2D eigenvalue weighted by molar-refractivity contribution is 5.13. The van der Waals surface area contributed by atoms with Crippen LogP contribution in [-0.2, 0) is 0 Å². The summed E-state index contributed by atoms with van der Waals surface area (Å²) in [4.78, 5) is 0. The quantitative estimate of drug-likeness (QED) is 0.439. The molecule has 0 aromatic rings. The van der Waals surface area contributed by atoms with E-state index in [9.17, 15) is 0 Å². The maximum Gasteiger partial charge on any atom is 0.0431 e. The second-order valence-electron chi connectivity index (χ2n) is 3.74. The standard InChI is InChI=1S/C13H24O/c1-3-4-7-10-13(2)11-8-5-6-9-12-14/h8,11,14H,2-7,9-10,12H2,1H3. The minimum absolute atomic E-state index is 0.311. The van der Waals surface area contributed by atoms with E-state index < -0.39 is 0 Å². The van der Waals surface area contributed by atoms with Crippen LogP contribution in [0.1, 0.15) is 51.9 Å². The molecule has 82 valence electrons. The summed E-state index contributed by atoms with van der Waals surface area (Å²) >= 11 is 0. The molecule has 1 nitrogen and oxygen atoms in total. The molecule has 0 aromatic heterocycles. The molecule has 0 saturated carbocycles. The average molecular weight is 196 g/mol. The van der Waals surface area contributed by atoms with E-state index in [1.165, 1.54) is 24.8 Å². The average Bonchev–Trinajstić information content (AvgIpc) is 2.18. The third kappa shape index (κ3) is 9.53. The summed E-state index contributed by atoms with van der Waals surface area (Å²) in [5, 5.41) is 8.58. The topological polar surface area (TPSA) is 20.2 Å². The van der Waals surface area contributed by atoms with Crippen LogP contribution in [0.15, 0.2) is 24.3 Å². The van der Waals surface area contributed by atoms with Gasteiger partial charge in [-0.1, -0.05) is 44.1 Å². The van der Waals surface area contributed by atoms with Gasteiger partial charge in [-0.2, -0.15) is 0 Å². The van der Waals surface area contributed by atoms with Gasteiger partial charge in [0.1, 0.15) is 0 Å². The molecule has 0 unspecified atom stereocenters. The lowest BCUT2D eigenvalue weighted by Gasteiger charge is -1.98. The van der Waals surface area contributed by atoms with Crippen molar-refractivity contribution in [1.29, 1.82) is 0 Å². The molecule has 1 N–H and O–H groups in total. The van der Waals surface area contributed by atoms with Gasteiger partial charge in [-0.15, -0.1) is 0 Å². The number of unbranched alkanes of at least 4 members (excludes halogenated alkanes) is 4. The lowest BCUT2D eigenvalue weighted by molar-refractivity contribution is 0.285. The smallest absolute Gasteiger partial charge is 0.0431 e. The largest absolute Gasteiger partial charge is 0.396 e. The molecular formula is C13H24O. The summed E-state index contributed by atoms with van der Waals surface area (Å²) in [5.41, 5.74) is 1.24. The van der Waals surface area contributed by atoms with Crippen LogP contribution in [0.5, 0.6) is 0 Å². The van der Waals surface area contributed by atoms with Gasteiger partial charge < -0.3 is 5.11 Å². The van der Waals surface area contributed by atoms with Crippen LogP contribution in [0.4, 0.5) is 0 Å². The molecule has 0 radical (unpaired) electrons. The van der Waals surface area contributed by atoms with Crippen LogP contribution in [0.25, 0.3) is 0 Å². The molecular weight excluding hydrogens is 172 g/mol. The predicted molar refractivity (Wildman–Crippen MR) is 63.4 cm³/mol. The molecule has 0 fully saturated rings. The normalized spacial score (nSPS) is 11.0. The zero-order valence-electron chi connectivity index (χ0n) is 9.47. The number of hydrogen-bond donors (Lipinski definition) is 1. The molecule has 0 aliphatic heterocycles. The molecule has 0 heterocycles. The van der Waals surface area contributed by atoms with E-state index in [0.29, 0.717) is 6.61 Å². The third-order valence-electron chi connectivity index (χ3n) is 2.23. The summed E-state index contributed by atoms with van der Waals surface area (Å²) in [7, 11) is 0. The van der Waals surface area contributed by atoms with E-state index in [1.807, 2.05) is 0 Å². The van der Waals surface area contributed by atoms with Crippen LogP contribution in [0.2, 0.25) is 0 Å². The first-order valence-corrected chi connectivity index (χ1v) is 5.76. The van der Waals surface area contributed by atoms with Gasteiger partial charge in [-0.25, -0.2) is 0 Å². The highest BCUT2D eigenvalue weighted by Crippen LogP contribution is 2.08. The summed E-state index contributed by atoms with van der Waals surface area (Å²) < 4.78 is 0. The van der Waals surface area contributed by atoms with Crippen molar-refractivity contribution < 1.29 is 5.11 Å². The van der Waals surface area contributed by atoms with Crippen molar-refractivity contribution in [1.82, 2.24) is 0 Å². The maximum atomic E-state index is 8.58. The molecule has 0 rings (SSSR count). The Bertz CT molecular complexity index is 159. The van der Waals surface area contributed by atoms with Crippen molar-refractivity contribution in [3.05, 3.63) is 24.3 Å². The van der Waals surface area contributed by atoms with Crippen molar-refractivity contribution in [2.75, 3.05) is 6.61 Å². The zero-order chi connectivity index (χ0) is 10.6. The number of aliphatic hydroxyl groups excluding tert-OH is 1. The Morgan fingerprint density at radius 1 is 1.21 bits per heavy atom. The summed E-state index contributed by atoms with van der Waals surface area (Å²) in [6, 6.07) is 0. The molecule has 0 aromatic carbocycles. The van der Waals surface area contributed by atoms with Gasteiger partial charge >= 0.3 is 0 Å². The van der Waals surface area contributed by atoms with Crippen molar-refractivity contribution >= 4 is 0 Å². The van der Waals surface area contributed by atoms with Crippen LogP contribution < -0.4 is 0 Å². The van der Waals surface area contributed by atoms with Gasteiger partial charge in [0, 0.05) is 6.61 Å². The number of hydrogen-bond acceptors (Lipinski definition) is 1. The van der Waals surface area contributed by atoms with Crippen molar-refractivity contribution in [3.63, 3.8) is 0 Å². The Morgan fingerprint density at radius 3 is 2.64 bits per heavy atom. The van der Waals surface area contributed by atoms with Crippen molar-refractivity contribution in [2.24, 2.45) is 0 Å². The van der Waals surface area contributed by atoms with E-state index in [1.54, 1.807) is 0 Å². The van der Waals surface area contributed by atoms with Gasteiger partial charge in [0.25, 0.3) is 0 Å². The lowest BCUT2D eigenvalue weighted by atomic mass is 10.1. The Hall–Kier alpha value is -0.560. The maximum absolute atomic E-state index is 8.58. The van der Waals surface area contributed by atoms with E-state index in [2.05, 4.69) is 25.7 Å². The van der Waals surface area contributed by atoms with E-state index in [4.69, 9.17) is 5.11 Å². The number of rotatable bonds is 9. The minimum Gasteiger partial charge on any atom is -0.396 e. The van der Waals surface area contributed by atoms with Crippen LogP contribution in [0, 0.1) is 0 Å². The second-order valence-corrected chi connectivity index (χ2v) is 3.74. The first-order valence-electron chi connectivity index (χ1n) is 5.76. The number of allylic oxidation sites excluding steroid dienone is 3. The summed E-state index contributed by atoms with van der Waals surface area (Å²) in [6.45, 7) is 6.53. The third-order valence-corrected chi connectivity index (χ3v) is 2.23. The molecule has 14 heavy (non-hydrogen) atoms. The lowest BCUT2D eigenvalue weighted by Crippen LogP contribution is -1.81. The molecule has 0 spiro atoms. The Morgan fingerprint density at radius 2 is 2.00 bits per heavy atom. The molecule has 0 saturated heterocycles. The molecule has 1 heteroatoms. The molecule has 0 bridgehead atoms. The highest BCUT2D eigenvalue weighted by Gasteiger charge is 1.89. The summed E-state index contributed by atoms with van der Waals surface area (Å²) in [6.07, 6.45) is 12.3. The Balaban J connectivity index is 3.32. The Labute approximate surface area is 88.5 Å². The van der Waals surface area contributed by atoms with Gasteiger partial charge in [-0.05, 0) is 32.1 Å². The summed E-state index contributed by atoms with van der Waals surface area (Å²) in [5.74, 6) is 0. The van der Waals surface area contributed by atoms with E-state index >= 15 is 0 Å². The van der Waals surface area contributed by atoms with E-state index in [-0.39, 0.29) is 0 Å². The molecule has 0 aliphatic rings.